The zero-order chi connectivity index (χ0) is 23.6. The highest BCUT2D eigenvalue weighted by molar-refractivity contribution is 6.01. The maximum Gasteiger partial charge on any atom is 0.293 e. The van der Waals surface area contributed by atoms with Gasteiger partial charge in [0.25, 0.3) is 6.47 Å². The average molecular weight is 459 g/mol. The lowest BCUT2D eigenvalue weighted by molar-refractivity contribution is -0.201. The van der Waals surface area contributed by atoms with Gasteiger partial charge in [-0.2, -0.15) is 0 Å². The molecule has 180 valence electrons. The topological polar surface area (TPSA) is 99.1 Å². The second kappa shape index (κ2) is 7.85. The molecule has 1 aliphatic heterocycles. The predicted molar refractivity (Wildman–Crippen MR) is 118 cm³/mol. The van der Waals surface area contributed by atoms with Gasteiger partial charge in [-0.05, 0) is 56.1 Å². The highest BCUT2D eigenvalue weighted by atomic mass is 16.7. The van der Waals surface area contributed by atoms with E-state index < -0.39 is 29.5 Å². The minimum Gasteiger partial charge on any atom is -0.460 e. The predicted octanol–water partition coefficient (Wildman–Crippen LogP) is 2.90. The Hall–Kier alpha value is -1.83. The molecule has 0 spiro atoms. The Morgan fingerprint density at radius 1 is 1.36 bits per heavy atom. The van der Waals surface area contributed by atoms with Gasteiger partial charge in [0, 0.05) is 16.7 Å². The highest BCUT2D eigenvalue weighted by Gasteiger charge is 2.75. The number of ether oxygens (including phenoxy) is 3. The van der Waals surface area contributed by atoms with Crippen molar-refractivity contribution in [3.63, 3.8) is 0 Å². The van der Waals surface area contributed by atoms with E-state index in [1.54, 1.807) is 12.2 Å². The minimum atomic E-state index is -1.23. The molecule has 3 saturated carbocycles. The number of hydrogen-bond donors (Lipinski definition) is 1. The van der Waals surface area contributed by atoms with Gasteiger partial charge in [-0.25, -0.2) is 0 Å². The van der Waals surface area contributed by atoms with E-state index in [0.29, 0.717) is 19.3 Å². The molecule has 4 aliphatic carbocycles. The van der Waals surface area contributed by atoms with Gasteiger partial charge in [-0.15, -0.1) is 0 Å². The van der Waals surface area contributed by atoms with Crippen LogP contribution in [0.2, 0.25) is 0 Å². The number of Topliss-reactive ketones (excluding diaryl/α,β-unsaturated/α-hetero) is 1. The number of allylic oxidation sites excluding steroid dienone is 4. The van der Waals surface area contributed by atoms with Crippen molar-refractivity contribution >= 4 is 18.0 Å². The van der Waals surface area contributed by atoms with Crippen LogP contribution >= 0.6 is 0 Å². The van der Waals surface area contributed by atoms with Crippen molar-refractivity contribution in [3.05, 3.63) is 23.8 Å². The molecule has 1 N–H and O–H groups in total. The van der Waals surface area contributed by atoms with E-state index >= 15 is 0 Å². The third-order valence-corrected chi connectivity index (χ3v) is 9.51. The summed E-state index contributed by atoms with van der Waals surface area (Å²) in [4.78, 5) is 36.5. The Morgan fingerprint density at radius 2 is 2.15 bits per heavy atom. The Kier molecular flexibility index (Phi) is 5.46. The summed E-state index contributed by atoms with van der Waals surface area (Å²) in [6, 6.07) is 0. The summed E-state index contributed by atoms with van der Waals surface area (Å²) >= 11 is 0. The summed E-state index contributed by atoms with van der Waals surface area (Å²) in [7, 11) is 0. The van der Waals surface area contributed by atoms with Crippen LogP contribution in [0.25, 0.3) is 0 Å². The van der Waals surface area contributed by atoms with E-state index in [1.807, 2.05) is 13.0 Å². The first kappa shape index (κ1) is 22.9. The van der Waals surface area contributed by atoms with Gasteiger partial charge in [0.1, 0.15) is 0 Å². The van der Waals surface area contributed by atoms with Crippen LogP contribution in [0.15, 0.2) is 23.8 Å². The quantitative estimate of drug-likeness (QED) is 0.611. The van der Waals surface area contributed by atoms with Crippen LogP contribution in [-0.2, 0) is 28.6 Å². The maximum absolute atomic E-state index is 13.6. The zero-order valence-corrected chi connectivity index (χ0v) is 19.6. The molecule has 5 aliphatic rings. The molecule has 0 aromatic heterocycles. The average Bonchev–Trinajstić information content (AvgIpc) is 3.25. The van der Waals surface area contributed by atoms with Crippen LogP contribution in [0.1, 0.15) is 59.3 Å². The largest absolute Gasteiger partial charge is 0.460 e. The molecule has 1 saturated heterocycles. The second-order valence-electron chi connectivity index (χ2n) is 11.0. The smallest absolute Gasteiger partial charge is 0.293 e. The number of aliphatic hydroxyl groups is 1. The fraction of sp³-hybridized carbons (Fsp3) is 0.731. The van der Waals surface area contributed by atoms with E-state index in [0.717, 1.165) is 24.8 Å². The summed E-state index contributed by atoms with van der Waals surface area (Å²) in [6.45, 7) is 6.16. The number of carbonyl (C=O) groups excluding carboxylic acids is 3. The second-order valence-corrected chi connectivity index (χ2v) is 11.0. The van der Waals surface area contributed by atoms with Crippen LogP contribution in [0.4, 0.5) is 0 Å². The molecule has 7 heteroatoms. The first-order valence-corrected chi connectivity index (χ1v) is 12.3. The van der Waals surface area contributed by atoms with Crippen molar-refractivity contribution in [2.24, 2.45) is 28.6 Å². The van der Waals surface area contributed by atoms with E-state index in [4.69, 9.17) is 14.2 Å². The van der Waals surface area contributed by atoms with Crippen molar-refractivity contribution in [1.82, 2.24) is 0 Å². The molecule has 7 nitrogen and oxygen atoms in total. The SMILES string of the molecule is CCCC1OC2CC3C4CCC5=CC(=O)C=CC5(C)C4C(O)CC3(C)C2(C(=O)COC=O)O1. The lowest BCUT2D eigenvalue weighted by atomic mass is 9.46. The number of fused-ring (bicyclic) bond motifs is 7. The molecule has 0 amide bonds. The standard InChI is InChI=1S/C26H34O7/c1-4-5-22-32-21-11-18-17-7-6-15-10-16(28)8-9-24(15,2)23(17)19(29)12-25(18,3)26(21,33-22)20(30)13-31-14-27/h8-10,14,17-19,21-23,29H,4-7,11-13H2,1-3H3. The van der Waals surface area contributed by atoms with Crippen LogP contribution in [0, 0.1) is 28.6 Å². The van der Waals surface area contributed by atoms with Crippen LogP contribution < -0.4 is 0 Å². The van der Waals surface area contributed by atoms with Gasteiger partial charge in [-0.3, -0.25) is 14.4 Å². The summed E-state index contributed by atoms with van der Waals surface area (Å²) in [5.74, 6) is -0.0287. The molecule has 0 radical (unpaired) electrons. The molecule has 4 fully saturated rings. The molecular weight excluding hydrogens is 424 g/mol. The Bertz CT molecular complexity index is 924. The van der Waals surface area contributed by atoms with Gasteiger partial charge in [-0.1, -0.05) is 38.8 Å². The van der Waals surface area contributed by atoms with E-state index in [9.17, 15) is 19.5 Å². The summed E-state index contributed by atoms with van der Waals surface area (Å²) < 4.78 is 17.7. The first-order chi connectivity index (χ1) is 15.7. The number of rotatable bonds is 6. The van der Waals surface area contributed by atoms with Gasteiger partial charge in [0.05, 0.1) is 12.2 Å². The molecule has 33 heavy (non-hydrogen) atoms. The molecule has 0 aromatic carbocycles. The summed E-state index contributed by atoms with van der Waals surface area (Å²) in [6.07, 6.45) is 8.05. The lowest BCUT2D eigenvalue weighted by Crippen LogP contribution is -2.63. The number of aliphatic hydroxyl groups excluding tert-OH is 1. The molecule has 0 aromatic rings. The Morgan fingerprint density at radius 3 is 2.88 bits per heavy atom. The molecule has 0 bridgehead atoms. The normalized spacial score (nSPS) is 47.8. The number of ketones is 2. The number of carbonyl (C=O) groups is 3. The third kappa shape index (κ3) is 3.01. The third-order valence-electron chi connectivity index (χ3n) is 9.51. The van der Waals surface area contributed by atoms with Crippen LogP contribution in [0.3, 0.4) is 0 Å². The Labute approximate surface area is 194 Å². The van der Waals surface area contributed by atoms with E-state index in [2.05, 4.69) is 13.8 Å². The highest BCUT2D eigenvalue weighted by Crippen LogP contribution is 2.69. The maximum atomic E-state index is 13.6. The fourth-order valence-corrected chi connectivity index (χ4v) is 8.22. The Balaban J connectivity index is 1.54. The lowest BCUT2D eigenvalue weighted by Gasteiger charge is -2.59. The molecule has 1 heterocycles. The van der Waals surface area contributed by atoms with E-state index in [-0.39, 0.29) is 47.8 Å². The molecular formula is C26H34O7. The van der Waals surface area contributed by atoms with Crippen molar-refractivity contribution in [1.29, 1.82) is 0 Å². The van der Waals surface area contributed by atoms with Crippen LogP contribution in [0.5, 0.6) is 0 Å². The monoisotopic (exact) mass is 458 g/mol. The van der Waals surface area contributed by atoms with E-state index in [1.165, 1.54) is 0 Å². The van der Waals surface area contributed by atoms with Crippen molar-refractivity contribution in [2.45, 2.75) is 83.4 Å². The zero-order valence-electron chi connectivity index (χ0n) is 19.6. The first-order valence-electron chi connectivity index (χ1n) is 12.3. The molecule has 5 rings (SSSR count). The van der Waals surface area contributed by atoms with Crippen molar-refractivity contribution < 1.29 is 33.7 Å². The minimum absolute atomic E-state index is 0.00922. The van der Waals surface area contributed by atoms with Crippen LogP contribution in [-0.4, -0.2) is 53.9 Å². The summed E-state index contributed by atoms with van der Waals surface area (Å²) in [5.41, 5.74) is -1.16. The van der Waals surface area contributed by atoms with Crippen molar-refractivity contribution in [3.8, 4) is 0 Å². The molecule has 9 atom stereocenters. The van der Waals surface area contributed by atoms with Gasteiger partial charge in [0.2, 0.25) is 5.78 Å². The van der Waals surface area contributed by atoms with Gasteiger partial charge < -0.3 is 19.3 Å². The fourth-order valence-electron chi connectivity index (χ4n) is 8.22. The number of hydrogen-bond acceptors (Lipinski definition) is 7. The van der Waals surface area contributed by atoms with Gasteiger partial charge in [0.15, 0.2) is 24.3 Å². The summed E-state index contributed by atoms with van der Waals surface area (Å²) in [5, 5.41) is 11.6. The molecule has 9 unspecified atom stereocenters. The van der Waals surface area contributed by atoms with Crippen molar-refractivity contribution in [2.75, 3.05) is 6.61 Å². The van der Waals surface area contributed by atoms with Gasteiger partial charge >= 0.3 is 0 Å².